The van der Waals surface area contributed by atoms with Crippen molar-refractivity contribution in [2.45, 2.75) is 5.03 Å². The van der Waals surface area contributed by atoms with Gasteiger partial charge in [0.15, 0.2) is 0 Å². The van der Waals surface area contributed by atoms with Gasteiger partial charge in [-0.05, 0) is 41.9 Å². The van der Waals surface area contributed by atoms with Gasteiger partial charge in [-0.15, -0.1) is 0 Å². The number of non-ortho nitro benzene ring substituents is 1. The average Bonchev–Trinajstić information content (AvgIpc) is 3.22. The van der Waals surface area contributed by atoms with E-state index in [0.29, 0.717) is 16.2 Å². The number of nitrogens with one attached hydrogen (secondary N) is 1. The van der Waals surface area contributed by atoms with E-state index in [4.69, 9.17) is 4.74 Å². The molecule has 1 amide bonds. The molecule has 0 saturated carbocycles. The van der Waals surface area contributed by atoms with Crippen molar-refractivity contribution in [2.24, 2.45) is 0 Å². The van der Waals surface area contributed by atoms with Gasteiger partial charge in [0.25, 0.3) is 5.69 Å². The van der Waals surface area contributed by atoms with Crippen LogP contribution in [0.2, 0.25) is 0 Å². The van der Waals surface area contributed by atoms with Gasteiger partial charge < -0.3 is 10.1 Å². The molecule has 0 radical (unpaired) electrons. The number of nitro groups is 1. The highest BCUT2D eigenvalue weighted by Crippen LogP contribution is 2.34. The van der Waals surface area contributed by atoms with Crippen LogP contribution in [0.1, 0.15) is 0 Å². The second kappa shape index (κ2) is 9.06. The lowest BCUT2D eigenvalue weighted by Gasteiger charge is -2.05. The first-order valence-electron chi connectivity index (χ1n) is 8.97. The van der Waals surface area contributed by atoms with Crippen LogP contribution in [0.3, 0.4) is 0 Å². The van der Waals surface area contributed by atoms with Crippen LogP contribution < -0.4 is 10.1 Å². The molecule has 0 spiro atoms. The van der Waals surface area contributed by atoms with Gasteiger partial charge in [-0.25, -0.2) is 9.97 Å². The van der Waals surface area contributed by atoms with Crippen LogP contribution in [0.5, 0.6) is 5.75 Å². The lowest BCUT2D eigenvalue weighted by Crippen LogP contribution is -2.14. The Labute approximate surface area is 184 Å². The molecular formula is C20H15N5O4S2. The Morgan fingerprint density at radius 3 is 2.77 bits per heavy atom. The highest BCUT2D eigenvalue weighted by molar-refractivity contribution is 8.00. The van der Waals surface area contributed by atoms with Gasteiger partial charge in [0.05, 0.1) is 17.8 Å². The molecular weight excluding hydrogens is 438 g/mol. The summed E-state index contributed by atoms with van der Waals surface area (Å²) in [6, 6.07) is 13.3. The molecule has 0 aliphatic rings. The first-order chi connectivity index (χ1) is 15.0. The van der Waals surface area contributed by atoms with Crippen LogP contribution in [-0.2, 0) is 4.79 Å². The number of hydrogen-bond donors (Lipinski definition) is 1. The second-order valence-electron chi connectivity index (χ2n) is 6.26. The molecule has 2 aromatic heterocycles. The predicted molar refractivity (Wildman–Crippen MR) is 120 cm³/mol. The minimum Gasteiger partial charge on any atom is -0.497 e. The number of hydrogen-bond acceptors (Lipinski definition) is 9. The summed E-state index contributed by atoms with van der Waals surface area (Å²) in [5.74, 6) is 0.547. The van der Waals surface area contributed by atoms with Crippen molar-refractivity contribution >= 4 is 50.8 Å². The molecule has 4 rings (SSSR count). The third-order valence-electron chi connectivity index (χ3n) is 4.27. The van der Waals surface area contributed by atoms with E-state index < -0.39 is 4.92 Å². The Morgan fingerprint density at radius 1 is 1.23 bits per heavy atom. The SMILES string of the molecule is COc1ccc(-c2nsc3c(SCC(=O)Nc4cccc([N+](=O)[O-])c4)ncnc23)cc1. The average molecular weight is 454 g/mol. The van der Waals surface area contributed by atoms with Crippen LogP contribution >= 0.6 is 23.3 Å². The molecule has 0 fully saturated rings. The van der Waals surface area contributed by atoms with Crippen LogP contribution in [0.15, 0.2) is 59.9 Å². The Hall–Kier alpha value is -3.57. The monoisotopic (exact) mass is 453 g/mol. The van der Waals surface area contributed by atoms with Crippen molar-refractivity contribution in [2.75, 3.05) is 18.2 Å². The third kappa shape index (κ3) is 4.62. The molecule has 1 N–H and O–H groups in total. The molecule has 4 aromatic rings. The van der Waals surface area contributed by atoms with E-state index in [1.807, 2.05) is 24.3 Å². The van der Waals surface area contributed by atoms with Gasteiger partial charge in [0, 0.05) is 23.4 Å². The Balaban J connectivity index is 1.49. The number of fused-ring (bicyclic) bond motifs is 1. The molecule has 11 heteroatoms. The van der Waals surface area contributed by atoms with Crippen LogP contribution in [0, 0.1) is 10.1 Å². The van der Waals surface area contributed by atoms with Gasteiger partial charge in [-0.3, -0.25) is 14.9 Å². The number of carbonyl (C=O) groups excluding carboxylic acids is 1. The molecule has 0 saturated heterocycles. The summed E-state index contributed by atoms with van der Waals surface area (Å²) < 4.78 is 10.5. The molecule has 0 bridgehead atoms. The number of amides is 1. The molecule has 31 heavy (non-hydrogen) atoms. The summed E-state index contributed by atoms with van der Waals surface area (Å²) in [5, 5.41) is 14.2. The summed E-state index contributed by atoms with van der Waals surface area (Å²) in [7, 11) is 1.61. The molecule has 2 heterocycles. The number of rotatable bonds is 7. The number of nitro benzene ring substituents is 1. The minimum atomic E-state index is -0.508. The van der Waals surface area contributed by atoms with Crippen LogP contribution in [0.4, 0.5) is 11.4 Å². The zero-order chi connectivity index (χ0) is 21.8. The molecule has 9 nitrogen and oxygen atoms in total. The molecule has 0 aliphatic heterocycles. The summed E-state index contributed by atoms with van der Waals surface area (Å²) in [6.45, 7) is 0. The first kappa shape index (κ1) is 20.7. The van der Waals surface area contributed by atoms with Crippen molar-refractivity contribution in [3.05, 3.63) is 65.0 Å². The van der Waals surface area contributed by atoms with Gasteiger partial charge in [-0.2, -0.15) is 4.37 Å². The number of methoxy groups -OCH3 is 1. The quantitative estimate of drug-likeness (QED) is 0.189. The number of ether oxygens (including phenoxy) is 1. The van der Waals surface area contributed by atoms with Crippen molar-refractivity contribution in [1.29, 1.82) is 0 Å². The normalized spacial score (nSPS) is 10.7. The van der Waals surface area contributed by atoms with E-state index in [2.05, 4.69) is 19.7 Å². The number of aromatic nitrogens is 3. The maximum atomic E-state index is 12.3. The highest BCUT2D eigenvalue weighted by atomic mass is 32.2. The summed E-state index contributed by atoms with van der Waals surface area (Å²) in [4.78, 5) is 31.3. The number of nitrogens with zero attached hydrogens (tertiary/aromatic N) is 4. The fourth-order valence-electron chi connectivity index (χ4n) is 2.81. The number of carbonyl (C=O) groups is 1. The van der Waals surface area contributed by atoms with E-state index in [0.717, 1.165) is 21.7 Å². The van der Waals surface area contributed by atoms with E-state index in [1.165, 1.54) is 47.8 Å². The van der Waals surface area contributed by atoms with E-state index in [1.54, 1.807) is 13.2 Å². The van der Waals surface area contributed by atoms with E-state index in [9.17, 15) is 14.9 Å². The number of thioether (sulfide) groups is 1. The largest absolute Gasteiger partial charge is 0.497 e. The third-order valence-corrected chi connectivity index (χ3v) is 6.23. The molecule has 156 valence electrons. The van der Waals surface area contributed by atoms with Gasteiger partial charge in [0.2, 0.25) is 5.91 Å². The number of anilines is 1. The predicted octanol–water partition coefficient (Wildman–Crippen LogP) is 4.40. The van der Waals surface area contributed by atoms with Gasteiger partial charge in [0.1, 0.15) is 33.0 Å². The maximum absolute atomic E-state index is 12.3. The summed E-state index contributed by atoms with van der Waals surface area (Å²) in [6.07, 6.45) is 1.45. The topological polar surface area (TPSA) is 120 Å². The van der Waals surface area contributed by atoms with Crippen molar-refractivity contribution in [3.63, 3.8) is 0 Å². The van der Waals surface area contributed by atoms with Crippen molar-refractivity contribution in [1.82, 2.24) is 14.3 Å². The van der Waals surface area contributed by atoms with Gasteiger partial charge >= 0.3 is 0 Å². The Kier molecular flexibility index (Phi) is 6.05. The zero-order valence-corrected chi connectivity index (χ0v) is 17.8. The fraction of sp³-hybridized carbons (Fsp3) is 0.100. The van der Waals surface area contributed by atoms with Crippen LogP contribution in [0.25, 0.3) is 21.5 Å². The molecule has 0 aliphatic carbocycles. The lowest BCUT2D eigenvalue weighted by atomic mass is 10.1. The van der Waals surface area contributed by atoms with Crippen molar-refractivity contribution in [3.8, 4) is 17.0 Å². The van der Waals surface area contributed by atoms with Crippen LogP contribution in [-0.4, -0.2) is 38.0 Å². The van der Waals surface area contributed by atoms with Crippen molar-refractivity contribution < 1.29 is 14.5 Å². The van der Waals surface area contributed by atoms with E-state index in [-0.39, 0.29) is 17.3 Å². The number of benzene rings is 2. The zero-order valence-electron chi connectivity index (χ0n) is 16.1. The Morgan fingerprint density at radius 2 is 2.03 bits per heavy atom. The van der Waals surface area contributed by atoms with Gasteiger partial charge in [-0.1, -0.05) is 17.8 Å². The smallest absolute Gasteiger partial charge is 0.271 e. The fourth-order valence-corrected chi connectivity index (χ4v) is 4.53. The minimum absolute atomic E-state index is 0.0846. The second-order valence-corrected chi connectivity index (χ2v) is 8.00. The highest BCUT2D eigenvalue weighted by Gasteiger charge is 2.16. The maximum Gasteiger partial charge on any atom is 0.271 e. The standard InChI is InChI=1S/C20H15N5O4S2/c1-29-15-7-5-12(6-8-15)17-18-19(31-24-17)20(22-11-21-18)30-10-16(26)23-13-3-2-4-14(9-13)25(27)28/h2-9,11H,10H2,1H3,(H,23,26). The molecule has 2 aromatic carbocycles. The summed E-state index contributed by atoms with van der Waals surface area (Å²) in [5.41, 5.74) is 2.65. The molecule has 0 unspecified atom stereocenters. The van der Waals surface area contributed by atoms with E-state index >= 15 is 0 Å². The Bertz CT molecular complexity index is 1260. The summed E-state index contributed by atoms with van der Waals surface area (Å²) >= 11 is 2.53. The molecule has 0 atom stereocenters. The first-order valence-corrected chi connectivity index (χ1v) is 10.7. The lowest BCUT2D eigenvalue weighted by molar-refractivity contribution is -0.384.